The van der Waals surface area contributed by atoms with E-state index in [-0.39, 0.29) is 5.56 Å². The Labute approximate surface area is 206 Å². The van der Waals surface area contributed by atoms with Crippen molar-refractivity contribution in [2.45, 2.75) is 36.1 Å². The van der Waals surface area contributed by atoms with Crippen LogP contribution in [-0.2, 0) is 18.4 Å². The van der Waals surface area contributed by atoms with Crippen molar-refractivity contribution >= 4 is 46.2 Å². The average Bonchev–Trinajstić information content (AvgIpc) is 3.39. The molecule has 35 heavy (non-hydrogen) atoms. The number of thiazole rings is 1. The topological polar surface area (TPSA) is 118 Å². The SMILES string of the molecule is CC#CCn1c(N2CCNCC2)nc2nc(Sc3nc(C)cs3)n(C)c(=O)c21.O=C(O)C(F)(F)F. The van der Waals surface area contributed by atoms with Crippen molar-refractivity contribution in [1.29, 1.82) is 0 Å². The fourth-order valence-electron chi connectivity index (χ4n) is 3.09. The molecule has 3 aromatic heterocycles. The third-order valence-corrected chi connectivity index (χ3v) is 6.86. The quantitative estimate of drug-likeness (QED) is 0.387. The molecule has 1 saturated heterocycles. The summed E-state index contributed by atoms with van der Waals surface area (Å²) in [4.78, 5) is 38.2. The molecule has 3 aromatic rings. The Morgan fingerprint density at radius 2 is 1.94 bits per heavy atom. The number of carboxylic acids is 1. The van der Waals surface area contributed by atoms with Crippen molar-refractivity contribution in [3.8, 4) is 11.8 Å². The molecule has 188 valence electrons. The highest BCUT2D eigenvalue weighted by Gasteiger charge is 2.38. The number of carboxylic acid groups (broad SMARTS) is 1. The molecule has 15 heteroatoms. The highest BCUT2D eigenvalue weighted by molar-refractivity contribution is 8.00. The zero-order chi connectivity index (χ0) is 25.8. The van der Waals surface area contributed by atoms with Crippen LogP contribution in [-0.4, -0.2) is 67.5 Å². The molecule has 4 heterocycles. The molecular weight excluding hydrogens is 507 g/mol. The van der Waals surface area contributed by atoms with Crippen LogP contribution in [0.1, 0.15) is 12.6 Å². The second kappa shape index (κ2) is 11.1. The highest BCUT2D eigenvalue weighted by Crippen LogP contribution is 2.29. The van der Waals surface area contributed by atoms with Gasteiger partial charge in [-0.1, -0.05) is 5.92 Å². The molecule has 0 bridgehead atoms. The van der Waals surface area contributed by atoms with Gasteiger partial charge in [-0.3, -0.25) is 13.9 Å². The predicted octanol–water partition coefficient (Wildman–Crippen LogP) is 2.11. The number of rotatable bonds is 4. The third-order valence-electron chi connectivity index (χ3n) is 4.76. The molecule has 4 rings (SSSR count). The number of aliphatic carboxylic acids is 1. The van der Waals surface area contributed by atoms with Crippen molar-refractivity contribution in [2.75, 3.05) is 31.1 Å². The summed E-state index contributed by atoms with van der Waals surface area (Å²) in [5.41, 5.74) is 1.80. The molecule has 0 aromatic carbocycles. The van der Waals surface area contributed by atoms with Crippen LogP contribution >= 0.6 is 23.1 Å². The van der Waals surface area contributed by atoms with Crippen LogP contribution in [0.2, 0.25) is 0 Å². The lowest BCUT2D eigenvalue weighted by atomic mass is 10.4. The van der Waals surface area contributed by atoms with Crippen molar-refractivity contribution in [3.05, 3.63) is 21.4 Å². The van der Waals surface area contributed by atoms with E-state index in [1.54, 1.807) is 29.9 Å². The number of piperazine rings is 1. The number of imidazole rings is 1. The molecule has 2 N–H and O–H groups in total. The van der Waals surface area contributed by atoms with E-state index < -0.39 is 12.1 Å². The number of fused-ring (bicyclic) bond motifs is 1. The van der Waals surface area contributed by atoms with Gasteiger partial charge in [-0.05, 0) is 25.6 Å². The maximum atomic E-state index is 13.2. The van der Waals surface area contributed by atoms with Crippen molar-refractivity contribution in [2.24, 2.45) is 7.05 Å². The van der Waals surface area contributed by atoms with Crippen molar-refractivity contribution in [3.63, 3.8) is 0 Å². The normalized spacial score (nSPS) is 13.7. The van der Waals surface area contributed by atoms with Gasteiger partial charge in [-0.15, -0.1) is 17.3 Å². The molecule has 1 aliphatic heterocycles. The molecule has 1 fully saturated rings. The first-order chi connectivity index (χ1) is 16.5. The van der Waals surface area contributed by atoms with E-state index in [0.29, 0.717) is 22.9 Å². The van der Waals surface area contributed by atoms with E-state index in [0.717, 1.165) is 42.2 Å². The van der Waals surface area contributed by atoms with E-state index in [4.69, 9.17) is 19.9 Å². The second-order valence-corrected chi connectivity index (χ2v) is 9.32. The number of halogens is 3. The Bertz CT molecular complexity index is 1330. The van der Waals surface area contributed by atoms with Crippen LogP contribution in [0, 0.1) is 18.8 Å². The summed E-state index contributed by atoms with van der Waals surface area (Å²) < 4.78 is 36.1. The van der Waals surface area contributed by atoms with Gasteiger partial charge in [-0.25, -0.2) is 14.8 Å². The van der Waals surface area contributed by atoms with Crippen molar-refractivity contribution in [1.82, 2.24) is 29.4 Å². The van der Waals surface area contributed by atoms with E-state index in [1.165, 1.54) is 11.8 Å². The van der Waals surface area contributed by atoms with Gasteiger partial charge in [0.25, 0.3) is 5.56 Å². The maximum absolute atomic E-state index is 13.2. The van der Waals surface area contributed by atoms with Gasteiger partial charge in [0, 0.05) is 44.3 Å². The minimum Gasteiger partial charge on any atom is -0.475 e. The second-order valence-electron chi connectivity index (χ2n) is 7.25. The fourth-order valence-corrected chi connectivity index (χ4v) is 4.87. The van der Waals surface area contributed by atoms with Gasteiger partial charge in [0.15, 0.2) is 20.7 Å². The Morgan fingerprint density at radius 1 is 1.29 bits per heavy atom. The van der Waals surface area contributed by atoms with Crippen LogP contribution in [0.25, 0.3) is 11.2 Å². The van der Waals surface area contributed by atoms with Gasteiger partial charge >= 0.3 is 12.1 Å². The van der Waals surface area contributed by atoms with Gasteiger partial charge in [0.2, 0.25) is 5.95 Å². The standard InChI is InChI=1S/C18H21N7OS2.C2HF3O2/c1-4-5-8-25-13-14(21-16(25)24-9-6-19-7-10-24)22-17(23(3)15(13)26)28-18-20-12(2)11-27-18;3-2(4,5)1(6)7/h11,19H,6-10H2,1-3H3;(H,6,7). The number of nitrogens with zero attached hydrogens (tertiary/aromatic N) is 6. The Balaban J connectivity index is 0.000000429. The highest BCUT2D eigenvalue weighted by atomic mass is 32.2. The zero-order valence-corrected chi connectivity index (χ0v) is 20.6. The van der Waals surface area contributed by atoms with E-state index in [1.807, 2.05) is 16.9 Å². The summed E-state index contributed by atoms with van der Waals surface area (Å²) in [5.74, 6) is 3.98. The van der Waals surface area contributed by atoms with Crippen LogP contribution < -0.4 is 15.8 Å². The first-order valence-corrected chi connectivity index (χ1v) is 11.9. The van der Waals surface area contributed by atoms with E-state index >= 15 is 0 Å². The molecular formula is C20H22F3N7O3S2. The zero-order valence-electron chi connectivity index (χ0n) is 19.0. The number of aryl methyl sites for hydroxylation is 1. The first kappa shape index (κ1) is 26.5. The summed E-state index contributed by atoms with van der Waals surface area (Å²) in [7, 11) is 1.74. The first-order valence-electron chi connectivity index (χ1n) is 10.3. The molecule has 10 nitrogen and oxygen atoms in total. The summed E-state index contributed by atoms with van der Waals surface area (Å²) in [6, 6.07) is 0. The summed E-state index contributed by atoms with van der Waals surface area (Å²) >= 11 is 2.93. The van der Waals surface area contributed by atoms with Gasteiger partial charge in [0.1, 0.15) is 0 Å². The van der Waals surface area contributed by atoms with Gasteiger partial charge in [0.05, 0.1) is 6.54 Å². The molecule has 0 unspecified atom stereocenters. The maximum Gasteiger partial charge on any atom is 0.490 e. The number of hydrogen-bond donors (Lipinski definition) is 2. The minimum absolute atomic E-state index is 0.118. The Morgan fingerprint density at radius 3 is 2.49 bits per heavy atom. The smallest absolute Gasteiger partial charge is 0.475 e. The molecule has 0 saturated carbocycles. The number of hydrogen-bond acceptors (Lipinski definition) is 9. The summed E-state index contributed by atoms with van der Waals surface area (Å²) in [5, 5.41) is 13.0. The third kappa shape index (κ3) is 6.32. The summed E-state index contributed by atoms with van der Waals surface area (Å²) in [6.07, 6.45) is -5.08. The molecule has 1 aliphatic rings. The Hall–Kier alpha value is -3.09. The lowest BCUT2D eigenvalue weighted by Gasteiger charge is -2.28. The van der Waals surface area contributed by atoms with Gasteiger partial charge in [-0.2, -0.15) is 18.2 Å². The number of carbonyl (C=O) groups is 1. The average molecular weight is 530 g/mol. The van der Waals surface area contributed by atoms with Crippen molar-refractivity contribution < 1.29 is 23.1 Å². The molecule has 0 radical (unpaired) electrons. The van der Waals surface area contributed by atoms with Crippen LogP contribution in [0.15, 0.2) is 19.7 Å². The minimum atomic E-state index is -5.08. The van der Waals surface area contributed by atoms with Crippen LogP contribution in [0.5, 0.6) is 0 Å². The van der Waals surface area contributed by atoms with Crippen LogP contribution in [0.3, 0.4) is 0 Å². The molecule has 0 aliphatic carbocycles. The predicted molar refractivity (Wildman–Crippen MR) is 126 cm³/mol. The number of nitrogens with one attached hydrogen (secondary N) is 1. The number of anilines is 1. The molecule has 0 atom stereocenters. The number of aromatic nitrogens is 5. The monoisotopic (exact) mass is 529 g/mol. The molecule has 0 amide bonds. The lowest BCUT2D eigenvalue weighted by Crippen LogP contribution is -2.44. The largest absolute Gasteiger partial charge is 0.490 e. The number of alkyl halides is 3. The lowest BCUT2D eigenvalue weighted by molar-refractivity contribution is -0.192. The fraction of sp³-hybridized carbons (Fsp3) is 0.450. The van der Waals surface area contributed by atoms with Gasteiger partial charge < -0.3 is 15.3 Å². The Kier molecular flexibility index (Phi) is 8.41. The molecule has 0 spiro atoms. The van der Waals surface area contributed by atoms with Crippen LogP contribution in [0.4, 0.5) is 19.1 Å². The van der Waals surface area contributed by atoms with E-state index in [9.17, 15) is 18.0 Å². The summed E-state index contributed by atoms with van der Waals surface area (Å²) in [6.45, 7) is 7.61. The van der Waals surface area contributed by atoms with E-state index in [2.05, 4.69) is 27.0 Å².